The van der Waals surface area contributed by atoms with Gasteiger partial charge in [-0.3, -0.25) is 19.7 Å². The highest BCUT2D eigenvalue weighted by molar-refractivity contribution is 6.32. The van der Waals surface area contributed by atoms with Crippen LogP contribution < -0.4 is 10.6 Å². The third kappa shape index (κ3) is 5.44. The van der Waals surface area contributed by atoms with Crippen LogP contribution in [0.15, 0.2) is 156 Å². The van der Waals surface area contributed by atoms with Crippen LogP contribution in [0.25, 0.3) is 16.7 Å². The van der Waals surface area contributed by atoms with Gasteiger partial charge >= 0.3 is 0 Å². The number of carbonyl (C=O) groups excluding carboxylic acids is 2. The van der Waals surface area contributed by atoms with Crippen LogP contribution in [0, 0.1) is 10.1 Å². The minimum atomic E-state index is -0.446. The number of carbonyl (C=O) groups is 2. The molecule has 3 aliphatic heterocycles. The number of rotatable bonds is 7. The molecule has 0 bridgehead atoms. The molecule has 0 unspecified atom stereocenters. The van der Waals surface area contributed by atoms with E-state index in [0.717, 1.165) is 33.7 Å². The Labute approximate surface area is 263 Å². The molecule has 9 nitrogen and oxygen atoms in total. The zero-order valence-corrected chi connectivity index (χ0v) is 24.2. The number of nitro groups is 1. The highest BCUT2D eigenvalue weighted by Gasteiger charge is 2.24. The average molecular weight is 604 g/mol. The molecule has 46 heavy (non-hydrogen) atoms. The van der Waals surface area contributed by atoms with Crippen LogP contribution in [0.5, 0.6) is 0 Å². The predicted molar refractivity (Wildman–Crippen MR) is 177 cm³/mol. The van der Waals surface area contributed by atoms with Crippen molar-refractivity contribution in [2.75, 3.05) is 0 Å². The normalized spacial score (nSPS) is 18.4. The fraction of sp³-hybridized carbons (Fsp3) is 0. The van der Waals surface area contributed by atoms with Gasteiger partial charge in [0.05, 0.1) is 27.7 Å². The van der Waals surface area contributed by atoms with Crippen molar-refractivity contribution < 1.29 is 14.5 Å². The van der Waals surface area contributed by atoms with Gasteiger partial charge < -0.3 is 15.6 Å². The van der Waals surface area contributed by atoms with Crippen molar-refractivity contribution in [1.29, 1.82) is 0 Å². The predicted octanol–water partition coefficient (Wildman–Crippen LogP) is 6.24. The van der Waals surface area contributed by atoms with Crippen molar-refractivity contribution in [1.82, 2.24) is 15.6 Å². The summed E-state index contributed by atoms with van der Waals surface area (Å²) >= 11 is 0. The van der Waals surface area contributed by atoms with Crippen LogP contribution in [0.4, 0.5) is 5.69 Å². The molecule has 3 aliphatic rings. The lowest BCUT2D eigenvalue weighted by Gasteiger charge is -2.12. The monoisotopic (exact) mass is 603 g/mol. The summed E-state index contributed by atoms with van der Waals surface area (Å²) in [6.07, 6.45) is 10.3. The molecule has 0 atom stereocenters. The molecule has 9 heteroatoms. The number of benzene rings is 3. The Balaban J connectivity index is 1.36. The van der Waals surface area contributed by atoms with Crippen LogP contribution in [-0.2, 0) is 9.59 Å². The second-order valence-electron chi connectivity index (χ2n) is 10.6. The summed E-state index contributed by atoms with van der Waals surface area (Å²) < 4.78 is 0. The minimum absolute atomic E-state index is 0.0263. The number of amides is 2. The summed E-state index contributed by atoms with van der Waals surface area (Å²) in [4.78, 5) is 43.7. The fourth-order valence-corrected chi connectivity index (χ4v) is 5.67. The Kier molecular flexibility index (Phi) is 7.24. The van der Waals surface area contributed by atoms with E-state index in [4.69, 9.17) is 4.99 Å². The Bertz CT molecular complexity index is 2130. The van der Waals surface area contributed by atoms with Gasteiger partial charge in [-0.05, 0) is 65.3 Å². The lowest BCUT2D eigenvalue weighted by atomic mass is 9.99. The molecule has 1 aromatic heterocycles. The Morgan fingerprint density at radius 1 is 0.565 bits per heavy atom. The highest BCUT2D eigenvalue weighted by atomic mass is 16.6. The van der Waals surface area contributed by atoms with Crippen LogP contribution in [0.1, 0.15) is 28.1 Å². The van der Waals surface area contributed by atoms with E-state index in [1.807, 2.05) is 84.9 Å². The van der Waals surface area contributed by atoms with Gasteiger partial charge in [0.15, 0.2) is 0 Å². The molecule has 222 valence electrons. The van der Waals surface area contributed by atoms with Crippen molar-refractivity contribution in [2.24, 2.45) is 4.99 Å². The van der Waals surface area contributed by atoms with E-state index in [0.29, 0.717) is 33.9 Å². The first-order valence-electron chi connectivity index (χ1n) is 14.5. The molecule has 0 radical (unpaired) electrons. The van der Waals surface area contributed by atoms with E-state index in [-0.39, 0.29) is 17.5 Å². The van der Waals surface area contributed by atoms with Crippen molar-refractivity contribution in [3.05, 3.63) is 189 Å². The van der Waals surface area contributed by atoms with Crippen molar-refractivity contribution in [2.45, 2.75) is 0 Å². The number of nitrogens with zero attached hydrogens (tertiary/aromatic N) is 2. The van der Waals surface area contributed by atoms with Crippen LogP contribution in [0.3, 0.4) is 0 Å². The van der Waals surface area contributed by atoms with E-state index in [1.165, 1.54) is 24.3 Å². The molecule has 0 fully saturated rings. The summed E-state index contributed by atoms with van der Waals surface area (Å²) in [7, 11) is 0. The third-order valence-electron chi connectivity index (χ3n) is 7.73. The van der Waals surface area contributed by atoms with E-state index in [2.05, 4.69) is 15.6 Å². The van der Waals surface area contributed by atoms with Crippen LogP contribution in [0.2, 0.25) is 0 Å². The van der Waals surface area contributed by atoms with E-state index >= 15 is 0 Å². The highest BCUT2D eigenvalue weighted by Crippen LogP contribution is 2.35. The summed E-state index contributed by atoms with van der Waals surface area (Å²) in [6.45, 7) is 0. The molecule has 3 aromatic carbocycles. The number of aliphatic imine (C=N–C) groups is 1. The SMILES string of the molecule is O=C1C=C/C(=C(C2=N/C(=C(\c3ccccc3)c3ccc(/C(=C4\C=CC(=O)N4)c4ccc([N+](=O)[O-])cc4)[nH]3)C=C2)\c2ccccc2)N1. The number of nitrogens with one attached hydrogen (secondary N) is 3. The number of aromatic amines is 1. The lowest BCUT2D eigenvalue weighted by molar-refractivity contribution is -0.384. The summed E-state index contributed by atoms with van der Waals surface area (Å²) in [5.41, 5.74) is 9.03. The molecule has 0 aliphatic carbocycles. The second-order valence-corrected chi connectivity index (χ2v) is 10.6. The maximum Gasteiger partial charge on any atom is 0.269 e. The number of non-ortho nitro benzene ring substituents is 1. The van der Waals surface area contributed by atoms with Gasteiger partial charge in [0.1, 0.15) is 0 Å². The van der Waals surface area contributed by atoms with E-state index < -0.39 is 4.92 Å². The van der Waals surface area contributed by atoms with Crippen molar-refractivity contribution >= 4 is 39.9 Å². The number of hydrogen-bond donors (Lipinski definition) is 3. The first-order valence-corrected chi connectivity index (χ1v) is 14.5. The Morgan fingerprint density at radius 3 is 1.63 bits per heavy atom. The summed E-state index contributed by atoms with van der Waals surface area (Å²) in [5, 5.41) is 17.1. The van der Waals surface area contributed by atoms with Crippen molar-refractivity contribution in [3.8, 4) is 0 Å². The van der Waals surface area contributed by atoms with Gasteiger partial charge in [0.25, 0.3) is 5.69 Å². The standard InChI is InChI=1S/C37H25N5O4/c43-33-21-19-31(40-33)36(24-9-5-2-6-10-24)29-17-15-27(38-29)35(23-7-3-1-4-8-23)28-16-18-30(39-28)37(32-20-22-34(44)41-32)25-11-13-26(14-12-25)42(45)46/h1-22,39H,(H,40,43)(H,41,44)/b35-27+,36-31-,37-32+. The smallest absolute Gasteiger partial charge is 0.269 e. The summed E-state index contributed by atoms with van der Waals surface area (Å²) in [5.74, 6) is -0.431. The molecule has 0 spiro atoms. The number of nitro benzene ring substituents is 1. The maximum atomic E-state index is 12.1. The van der Waals surface area contributed by atoms with Gasteiger partial charge in [-0.2, -0.15) is 0 Å². The topological polar surface area (TPSA) is 129 Å². The zero-order chi connectivity index (χ0) is 31.6. The van der Waals surface area contributed by atoms with Gasteiger partial charge in [-0.1, -0.05) is 60.7 Å². The largest absolute Gasteiger partial charge is 0.354 e. The minimum Gasteiger partial charge on any atom is -0.354 e. The zero-order valence-electron chi connectivity index (χ0n) is 24.2. The summed E-state index contributed by atoms with van der Waals surface area (Å²) in [6, 6.07) is 29.8. The maximum absolute atomic E-state index is 12.1. The lowest BCUT2D eigenvalue weighted by Crippen LogP contribution is -2.16. The molecular weight excluding hydrogens is 578 g/mol. The van der Waals surface area contributed by atoms with E-state index in [9.17, 15) is 19.7 Å². The van der Waals surface area contributed by atoms with Crippen LogP contribution in [-0.4, -0.2) is 27.4 Å². The molecule has 4 heterocycles. The Morgan fingerprint density at radius 2 is 1.09 bits per heavy atom. The fourth-order valence-electron chi connectivity index (χ4n) is 5.67. The molecule has 0 saturated heterocycles. The number of H-pyrrole nitrogens is 1. The third-order valence-corrected chi connectivity index (χ3v) is 7.73. The molecule has 2 amide bonds. The molecule has 0 saturated carbocycles. The van der Waals surface area contributed by atoms with Gasteiger partial charge in [-0.15, -0.1) is 0 Å². The van der Waals surface area contributed by atoms with Crippen LogP contribution >= 0.6 is 0 Å². The molecule has 3 N–H and O–H groups in total. The number of hydrogen-bond acceptors (Lipinski definition) is 5. The second kappa shape index (κ2) is 11.8. The molecule has 7 rings (SSSR count). The number of allylic oxidation sites excluding steroid dienone is 5. The van der Waals surface area contributed by atoms with Gasteiger partial charge in [0, 0.05) is 52.4 Å². The first-order chi connectivity index (χ1) is 22.4. The first kappa shape index (κ1) is 28.2. The average Bonchev–Trinajstić information content (AvgIpc) is 3.90. The molecular formula is C37H25N5O4. The van der Waals surface area contributed by atoms with E-state index in [1.54, 1.807) is 24.3 Å². The van der Waals surface area contributed by atoms with Gasteiger partial charge in [-0.25, -0.2) is 4.99 Å². The number of aromatic nitrogens is 1. The van der Waals surface area contributed by atoms with Crippen molar-refractivity contribution in [3.63, 3.8) is 0 Å². The molecule has 4 aromatic rings. The quantitative estimate of drug-likeness (QED) is 0.171. The van der Waals surface area contributed by atoms with Gasteiger partial charge in [0.2, 0.25) is 11.8 Å². The Hall–Kier alpha value is -6.61.